The number of esters is 2. The fourth-order valence-corrected chi connectivity index (χ4v) is 7.35. The van der Waals surface area contributed by atoms with Crippen molar-refractivity contribution in [2.45, 2.75) is 243 Å². The largest absolute Gasteiger partial charge is 0.462 e. The number of hydrogen-bond acceptors (Lipinski definition) is 10. The van der Waals surface area contributed by atoms with E-state index in [1.807, 2.05) is 6.08 Å². The van der Waals surface area contributed by atoms with E-state index in [4.69, 9.17) is 18.9 Å². The fourth-order valence-electron chi connectivity index (χ4n) is 7.35. The van der Waals surface area contributed by atoms with E-state index in [0.29, 0.717) is 19.3 Å². The summed E-state index contributed by atoms with van der Waals surface area (Å²) in [5.74, 6) is -0.873. The third kappa shape index (κ3) is 34.4. The number of ether oxygens (including phenoxy) is 4. The van der Waals surface area contributed by atoms with Crippen LogP contribution >= 0.6 is 0 Å². The van der Waals surface area contributed by atoms with E-state index in [2.05, 4.69) is 68.5 Å². The van der Waals surface area contributed by atoms with Crippen molar-refractivity contribution >= 4 is 11.9 Å². The van der Waals surface area contributed by atoms with Crippen LogP contribution in [0.3, 0.4) is 0 Å². The molecular formula is C53H92O10. The van der Waals surface area contributed by atoms with Crippen LogP contribution in [0.1, 0.15) is 206 Å². The van der Waals surface area contributed by atoms with E-state index >= 15 is 0 Å². The first-order valence-electron chi connectivity index (χ1n) is 25.4. The van der Waals surface area contributed by atoms with E-state index in [9.17, 15) is 30.0 Å². The molecule has 6 atom stereocenters. The molecule has 0 radical (unpaired) electrons. The van der Waals surface area contributed by atoms with Gasteiger partial charge in [0.1, 0.15) is 31.0 Å². The summed E-state index contributed by atoms with van der Waals surface area (Å²) in [4.78, 5) is 25.4. The lowest BCUT2D eigenvalue weighted by Gasteiger charge is -2.39. The standard InChI is InChI=1S/C53H92O10/c1-3-5-7-9-11-13-15-17-19-21-22-23-24-26-28-30-32-34-36-38-40-42-49(56)62-46(45-61-53-52(59)51(58)50(57)47(43-54)63-53)44-60-48(55)41-39-37-35-33-31-29-27-25-20-18-16-14-12-10-8-6-4-2/h14,16,19,21,23-24,28,30,34,36,46-47,50-54,57-59H,3-13,15,17-18,20,22,25-27,29,31-33,35,37-45H2,1-2H3/b16-14+,21-19+,24-23+,30-28+,36-34+/t46-,47-,50+,51?,52?,53-/m1/s1. The summed E-state index contributed by atoms with van der Waals surface area (Å²) in [6.07, 6.45) is 46.6. The molecule has 0 saturated carbocycles. The Morgan fingerprint density at radius 2 is 0.905 bits per heavy atom. The highest BCUT2D eigenvalue weighted by atomic mass is 16.7. The molecule has 0 aromatic heterocycles. The van der Waals surface area contributed by atoms with Crippen molar-refractivity contribution in [3.05, 3.63) is 60.8 Å². The minimum Gasteiger partial charge on any atom is -0.462 e. The van der Waals surface area contributed by atoms with Gasteiger partial charge in [-0.3, -0.25) is 9.59 Å². The van der Waals surface area contributed by atoms with Crippen LogP contribution in [0.15, 0.2) is 60.8 Å². The average molecular weight is 889 g/mol. The number of allylic oxidation sites excluding steroid dienone is 10. The van der Waals surface area contributed by atoms with Crippen molar-refractivity contribution in [1.82, 2.24) is 0 Å². The normalized spacial score (nSPS) is 20.0. The predicted molar refractivity (Wildman–Crippen MR) is 256 cm³/mol. The second kappa shape index (κ2) is 43.3. The molecule has 10 nitrogen and oxygen atoms in total. The first-order valence-corrected chi connectivity index (χ1v) is 25.4. The molecule has 0 bridgehead atoms. The van der Waals surface area contributed by atoms with E-state index in [0.717, 1.165) is 38.5 Å². The van der Waals surface area contributed by atoms with Crippen LogP contribution in [0.4, 0.5) is 0 Å². The summed E-state index contributed by atoms with van der Waals surface area (Å²) in [6.45, 7) is 3.36. The van der Waals surface area contributed by atoms with Gasteiger partial charge in [0.25, 0.3) is 0 Å². The first-order chi connectivity index (χ1) is 30.8. The average Bonchev–Trinajstić information content (AvgIpc) is 3.28. The minimum absolute atomic E-state index is 0.152. The highest BCUT2D eigenvalue weighted by Crippen LogP contribution is 2.23. The molecule has 0 amide bonds. The van der Waals surface area contributed by atoms with E-state index in [1.54, 1.807) is 0 Å². The van der Waals surface area contributed by atoms with Gasteiger partial charge < -0.3 is 39.4 Å². The summed E-state index contributed by atoms with van der Waals surface area (Å²) in [7, 11) is 0. The molecule has 1 heterocycles. The molecule has 0 spiro atoms. The van der Waals surface area contributed by atoms with Gasteiger partial charge in [-0.1, -0.05) is 177 Å². The Bertz CT molecular complexity index is 1210. The summed E-state index contributed by atoms with van der Waals surface area (Å²) in [6, 6.07) is 0. The number of carbonyl (C=O) groups is 2. The predicted octanol–water partition coefficient (Wildman–Crippen LogP) is 11.8. The lowest BCUT2D eigenvalue weighted by Crippen LogP contribution is -2.59. The molecule has 0 aromatic rings. The zero-order valence-corrected chi connectivity index (χ0v) is 39.8. The van der Waals surface area contributed by atoms with Crippen molar-refractivity contribution < 1.29 is 49.0 Å². The van der Waals surface area contributed by atoms with Crippen LogP contribution in [-0.4, -0.2) is 89.0 Å². The number of carbonyl (C=O) groups excluding carboxylic acids is 2. The third-order valence-corrected chi connectivity index (χ3v) is 11.4. The molecule has 1 aliphatic rings. The summed E-state index contributed by atoms with van der Waals surface area (Å²) >= 11 is 0. The maximum absolute atomic E-state index is 12.8. The second-order valence-electron chi connectivity index (χ2n) is 17.3. The zero-order valence-electron chi connectivity index (χ0n) is 39.8. The molecule has 1 fully saturated rings. The number of hydrogen-bond donors (Lipinski definition) is 4. The van der Waals surface area contributed by atoms with Crippen LogP contribution in [-0.2, 0) is 28.5 Å². The van der Waals surface area contributed by atoms with Gasteiger partial charge in [0.2, 0.25) is 0 Å². The molecule has 2 unspecified atom stereocenters. The van der Waals surface area contributed by atoms with Gasteiger partial charge in [-0.15, -0.1) is 0 Å². The van der Waals surface area contributed by atoms with Gasteiger partial charge in [0.15, 0.2) is 12.4 Å². The third-order valence-electron chi connectivity index (χ3n) is 11.4. The van der Waals surface area contributed by atoms with Crippen molar-refractivity contribution in [1.29, 1.82) is 0 Å². The van der Waals surface area contributed by atoms with E-state index in [-0.39, 0.29) is 26.1 Å². The maximum atomic E-state index is 12.8. The zero-order chi connectivity index (χ0) is 45.9. The van der Waals surface area contributed by atoms with Crippen LogP contribution in [0, 0.1) is 0 Å². The molecule has 1 saturated heterocycles. The SMILES string of the molecule is CCCCCC/C=C/CCCCCCCCCCCC(=O)OC[C@H](CO[C@@H]1O[C@H](CO)[C@H](O)C(O)C1O)OC(=O)CCC/C=C/C/C=C/C/C=C/C/C=C/CCCCCCCCC. The molecular weight excluding hydrogens is 797 g/mol. The van der Waals surface area contributed by atoms with Gasteiger partial charge in [-0.2, -0.15) is 0 Å². The van der Waals surface area contributed by atoms with Crippen molar-refractivity contribution in [2.24, 2.45) is 0 Å². The lowest BCUT2D eigenvalue weighted by atomic mass is 9.99. The first kappa shape index (κ1) is 58.4. The van der Waals surface area contributed by atoms with Crippen LogP contribution in [0.5, 0.6) is 0 Å². The van der Waals surface area contributed by atoms with Crippen molar-refractivity contribution in [3.8, 4) is 0 Å². The monoisotopic (exact) mass is 889 g/mol. The summed E-state index contributed by atoms with van der Waals surface area (Å²) < 4.78 is 22.2. The Kier molecular flexibility index (Phi) is 40.2. The number of aliphatic hydroxyl groups is 4. The number of rotatable bonds is 42. The maximum Gasteiger partial charge on any atom is 0.306 e. The topological polar surface area (TPSA) is 152 Å². The Labute approximate surface area is 383 Å². The van der Waals surface area contributed by atoms with Gasteiger partial charge in [-0.25, -0.2) is 0 Å². The minimum atomic E-state index is -1.61. The van der Waals surface area contributed by atoms with Crippen LogP contribution in [0.25, 0.3) is 0 Å². The van der Waals surface area contributed by atoms with Crippen LogP contribution in [0.2, 0.25) is 0 Å². The molecule has 10 heteroatoms. The van der Waals surface area contributed by atoms with Crippen LogP contribution < -0.4 is 0 Å². The Morgan fingerprint density at radius 1 is 0.492 bits per heavy atom. The number of unbranched alkanes of at least 4 members (excludes halogenated alkanes) is 21. The lowest BCUT2D eigenvalue weighted by molar-refractivity contribution is -0.305. The molecule has 4 N–H and O–H groups in total. The highest BCUT2D eigenvalue weighted by Gasteiger charge is 2.44. The molecule has 1 rings (SSSR count). The molecule has 0 aromatic carbocycles. The highest BCUT2D eigenvalue weighted by molar-refractivity contribution is 5.70. The van der Waals surface area contributed by atoms with Gasteiger partial charge in [-0.05, 0) is 77.0 Å². The van der Waals surface area contributed by atoms with Gasteiger partial charge >= 0.3 is 11.9 Å². The smallest absolute Gasteiger partial charge is 0.306 e. The number of aliphatic hydroxyl groups excluding tert-OH is 4. The van der Waals surface area contributed by atoms with Gasteiger partial charge in [0.05, 0.1) is 13.2 Å². The van der Waals surface area contributed by atoms with E-state index in [1.165, 1.54) is 122 Å². The van der Waals surface area contributed by atoms with Crippen molar-refractivity contribution in [3.63, 3.8) is 0 Å². The Hall–Kier alpha value is -2.60. The second-order valence-corrected chi connectivity index (χ2v) is 17.3. The fraction of sp³-hybridized carbons (Fsp3) is 0.774. The molecule has 364 valence electrons. The Morgan fingerprint density at radius 3 is 1.41 bits per heavy atom. The molecule has 1 aliphatic heterocycles. The summed E-state index contributed by atoms with van der Waals surface area (Å²) in [5, 5.41) is 40.2. The Balaban J connectivity index is 2.33. The molecule has 63 heavy (non-hydrogen) atoms. The van der Waals surface area contributed by atoms with E-state index < -0.39 is 55.4 Å². The quantitative estimate of drug-likeness (QED) is 0.0265. The summed E-state index contributed by atoms with van der Waals surface area (Å²) in [5.41, 5.74) is 0. The van der Waals surface area contributed by atoms with Crippen molar-refractivity contribution in [2.75, 3.05) is 19.8 Å². The molecule has 0 aliphatic carbocycles. The van der Waals surface area contributed by atoms with Gasteiger partial charge in [0, 0.05) is 12.8 Å².